The summed E-state index contributed by atoms with van der Waals surface area (Å²) in [6.07, 6.45) is 9.12. The molecule has 4 heteroatoms. The normalized spacial score (nSPS) is 29.3. The average molecular weight is 249 g/mol. The lowest BCUT2D eigenvalue weighted by atomic mass is 9.83. The van der Waals surface area contributed by atoms with Crippen LogP contribution in [0.1, 0.15) is 51.4 Å². The van der Waals surface area contributed by atoms with E-state index in [0.29, 0.717) is 12.6 Å². The van der Waals surface area contributed by atoms with Gasteiger partial charge in [-0.05, 0) is 25.7 Å². The molecule has 2 rings (SSSR count). The van der Waals surface area contributed by atoms with Gasteiger partial charge in [0, 0.05) is 12.1 Å². The molecule has 0 radical (unpaired) electrons. The van der Waals surface area contributed by atoms with Crippen molar-refractivity contribution in [2.24, 2.45) is 11.7 Å². The van der Waals surface area contributed by atoms with Crippen LogP contribution < -0.4 is 5.73 Å². The molecule has 0 aromatic carbocycles. The minimum absolute atomic E-state index is 0.0821. The molecule has 0 bridgehead atoms. The van der Waals surface area contributed by atoms with Crippen molar-refractivity contribution in [3.63, 3.8) is 0 Å². The van der Waals surface area contributed by atoms with Crippen LogP contribution in [0.5, 0.6) is 0 Å². The van der Waals surface area contributed by atoms with Gasteiger partial charge in [0.25, 0.3) is 0 Å². The molecule has 18 heavy (non-hydrogen) atoms. The van der Waals surface area contributed by atoms with Crippen molar-refractivity contribution < 1.29 is 4.79 Å². The van der Waals surface area contributed by atoms with Crippen LogP contribution in [0.4, 0.5) is 0 Å². The maximum Gasteiger partial charge on any atom is 0.231 e. The highest BCUT2D eigenvalue weighted by atomic mass is 16.1. The van der Waals surface area contributed by atoms with Gasteiger partial charge in [0.15, 0.2) is 0 Å². The molecule has 100 valence electrons. The first-order chi connectivity index (χ1) is 8.72. The fourth-order valence-corrected chi connectivity index (χ4v) is 3.59. The van der Waals surface area contributed by atoms with E-state index in [-0.39, 0.29) is 17.9 Å². The maximum absolute atomic E-state index is 11.3. The van der Waals surface area contributed by atoms with Crippen LogP contribution >= 0.6 is 0 Å². The topological polar surface area (TPSA) is 70.1 Å². The third-order valence-electron chi connectivity index (χ3n) is 4.45. The number of rotatable bonds is 4. The van der Waals surface area contributed by atoms with E-state index in [1.54, 1.807) is 0 Å². The Bertz CT molecular complexity index is 330. The van der Waals surface area contributed by atoms with Crippen molar-refractivity contribution in [3.8, 4) is 6.07 Å². The number of carbonyl (C=O) groups is 1. The quantitative estimate of drug-likeness (QED) is 0.826. The molecule has 4 nitrogen and oxygen atoms in total. The zero-order valence-electron chi connectivity index (χ0n) is 11.0. The molecule has 1 amide bonds. The number of primary amides is 1. The summed E-state index contributed by atoms with van der Waals surface area (Å²) in [4.78, 5) is 13.6. The van der Waals surface area contributed by atoms with Gasteiger partial charge in [-0.15, -0.1) is 0 Å². The van der Waals surface area contributed by atoms with Crippen LogP contribution in [0.3, 0.4) is 0 Å². The van der Waals surface area contributed by atoms with E-state index < -0.39 is 0 Å². The van der Waals surface area contributed by atoms with Gasteiger partial charge in [-0.2, -0.15) is 5.26 Å². The third-order valence-corrected chi connectivity index (χ3v) is 4.45. The first-order valence-electron chi connectivity index (χ1n) is 7.16. The fourth-order valence-electron chi connectivity index (χ4n) is 3.59. The maximum atomic E-state index is 11.3. The van der Waals surface area contributed by atoms with Gasteiger partial charge in [-0.1, -0.05) is 25.7 Å². The van der Waals surface area contributed by atoms with Crippen molar-refractivity contribution in [2.45, 2.75) is 63.5 Å². The second-order valence-electron chi connectivity index (χ2n) is 5.66. The molecule has 0 spiro atoms. The van der Waals surface area contributed by atoms with Crippen LogP contribution in [-0.2, 0) is 4.79 Å². The summed E-state index contributed by atoms with van der Waals surface area (Å²) >= 11 is 0. The van der Waals surface area contributed by atoms with E-state index in [9.17, 15) is 10.1 Å². The largest absolute Gasteiger partial charge is 0.369 e. The molecule has 2 fully saturated rings. The fraction of sp³-hybridized carbons (Fsp3) is 0.857. The Balaban J connectivity index is 2.10. The second-order valence-corrected chi connectivity index (χ2v) is 5.66. The molecule has 0 aromatic rings. The van der Waals surface area contributed by atoms with Gasteiger partial charge < -0.3 is 5.73 Å². The molecule has 2 atom stereocenters. The van der Waals surface area contributed by atoms with Crippen LogP contribution in [0.2, 0.25) is 0 Å². The van der Waals surface area contributed by atoms with Crippen molar-refractivity contribution >= 4 is 5.91 Å². The van der Waals surface area contributed by atoms with E-state index >= 15 is 0 Å². The molecule has 0 aliphatic heterocycles. The summed E-state index contributed by atoms with van der Waals surface area (Å²) in [5, 5.41) is 9.29. The van der Waals surface area contributed by atoms with Gasteiger partial charge in [0.05, 0.1) is 18.5 Å². The third kappa shape index (κ3) is 3.02. The Morgan fingerprint density at radius 1 is 1.17 bits per heavy atom. The van der Waals surface area contributed by atoms with Crippen LogP contribution in [0.25, 0.3) is 0 Å². The Kier molecular flexibility index (Phi) is 4.60. The summed E-state index contributed by atoms with van der Waals surface area (Å²) < 4.78 is 0. The SMILES string of the molecule is N#CC1CCCCC1N(CC(N)=O)C1CCCC1. The summed E-state index contributed by atoms with van der Waals surface area (Å²) in [6.45, 7) is 0.327. The van der Waals surface area contributed by atoms with Gasteiger partial charge in [0.1, 0.15) is 0 Å². The van der Waals surface area contributed by atoms with Crippen molar-refractivity contribution in [1.82, 2.24) is 4.90 Å². The van der Waals surface area contributed by atoms with Crippen LogP contribution in [0.15, 0.2) is 0 Å². The highest BCUT2D eigenvalue weighted by Gasteiger charge is 2.35. The molecule has 2 aliphatic rings. The minimum Gasteiger partial charge on any atom is -0.369 e. The van der Waals surface area contributed by atoms with E-state index in [4.69, 9.17) is 5.73 Å². The summed E-state index contributed by atoms with van der Waals surface area (Å²) in [7, 11) is 0. The summed E-state index contributed by atoms with van der Waals surface area (Å²) in [5.74, 6) is -0.178. The number of hydrogen-bond donors (Lipinski definition) is 1. The number of nitriles is 1. The van der Waals surface area contributed by atoms with Crippen molar-refractivity contribution in [3.05, 3.63) is 0 Å². The van der Waals surface area contributed by atoms with Gasteiger partial charge in [-0.3, -0.25) is 9.69 Å². The van der Waals surface area contributed by atoms with E-state index in [0.717, 1.165) is 32.1 Å². The van der Waals surface area contributed by atoms with Crippen LogP contribution in [0, 0.1) is 17.2 Å². The molecular weight excluding hydrogens is 226 g/mol. The molecule has 2 aliphatic carbocycles. The molecule has 2 unspecified atom stereocenters. The van der Waals surface area contributed by atoms with Gasteiger partial charge >= 0.3 is 0 Å². The van der Waals surface area contributed by atoms with E-state index in [1.165, 1.54) is 19.3 Å². The molecule has 0 heterocycles. The lowest BCUT2D eigenvalue weighted by Crippen LogP contribution is -2.50. The number of hydrogen-bond acceptors (Lipinski definition) is 3. The number of nitrogens with two attached hydrogens (primary N) is 1. The predicted octanol–water partition coefficient (Wildman–Crippen LogP) is 1.80. The standard InChI is InChI=1S/C14H23N3O/c15-9-11-5-1-4-8-13(11)17(10-14(16)18)12-6-2-3-7-12/h11-13H,1-8,10H2,(H2,16,18). The monoisotopic (exact) mass is 249 g/mol. The zero-order chi connectivity index (χ0) is 13.0. The highest BCUT2D eigenvalue weighted by molar-refractivity contribution is 5.76. The van der Waals surface area contributed by atoms with Crippen molar-refractivity contribution in [2.75, 3.05) is 6.54 Å². The van der Waals surface area contributed by atoms with Gasteiger partial charge in [-0.25, -0.2) is 0 Å². The van der Waals surface area contributed by atoms with Crippen LogP contribution in [-0.4, -0.2) is 29.4 Å². The van der Waals surface area contributed by atoms with Gasteiger partial charge in [0.2, 0.25) is 5.91 Å². The zero-order valence-corrected chi connectivity index (χ0v) is 11.0. The smallest absolute Gasteiger partial charge is 0.231 e. The highest BCUT2D eigenvalue weighted by Crippen LogP contribution is 2.33. The minimum atomic E-state index is -0.260. The number of carbonyl (C=O) groups excluding carboxylic acids is 1. The Morgan fingerprint density at radius 2 is 1.78 bits per heavy atom. The van der Waals surface area contributed by atoms with Crippen molar-refractivity contribution in [1.29, 1.82) is 5.26 Å². The first kappa shape index (κ1) is 13.4. The Morgan fingerprint density at radius 3 is 2.39 bits per heavy atom. The first-order valence-corrected chi connectivity index (χ1v) is 7.16. The predicted molar refractivity (Wildman–Crippen MR) is 69.5 cm³/mol. The Hall–Kier alpha value is -1.08. The van der Waals surface area contributed by atoms with E-state index in [1.807, 2.05) is 0 Å². The van der Waals surface area contributed by atoms with E-state index in [2.05, 4.69) is 11.0 Å². The summed E-state index contributed by atoms with van der Waals surface area (Å²) in [5.41, 5.74) is 5.39. The summed E-state index contributed by atoms with van der Waals surface area (Å²) in [6, 6.07) is 3.16. The second kappa shape index (κ2) is 6.19. The molecular formula is C14H23N3O. The average Bonchev–Trinajstić information content (AvgIpc) is 2.89. The molecule has 0 aromatic heterocycles. The lowest BCUT2D eigenvalue weighted by molar-refractivity contribution is -0.120. The number of nitrogens with zero attached hydrogens (tertiary/aromatic N) is 2. The lowest BCUT2D eigenvalue weighted by Gasteiger charge is -2.40. The molecule has 2 saturated carbocycles. The molecule has 0 saturated heterocycles. The number of amides is 1. The Labute approximate surface area is 109 Å². The molecule has 2 N–H and O–H groups in total.